The fourth-order valence-electron chi connectivity index (χ4n) is 1.69. The summed E-state index contributed by atoms with van der Waals surface area (Å²) in [5.74, 6) is -1.50. The Morgan fingerprint density at radius 2 is 1.84 bits per heavy atom. The quantitative estimate of drug-likeness (QED) is 0.452. The van der Waals surface area contributed by atoms with Crippen LogP contribution in [-0.4, -0.2) is 43.2 Å². The van der Waals surface area contributed by atoms with Crippen LogP contribution in [0.4, 0.5) is 0 Å². The topological polar surface area (TPSA) is 89.9 Å². The van der Waals surface area contributed by atoms with Crippen molar-refractivity contribution in [3.8, 4) is 0 Å². The molecule has 0 saturated carbocycles. The number of unbranched alkanes of at least 4 members (excludes halogenated alkanes) is 1. The lowest BCUT2D eigenvalue weighted by Gasteiger charge is -2.12. The molecule has 1 atom stereocenters. The fourth-order valence-corrected chi connectivity index (χ4v) is 1.69. The summed E-state index contributed by atoms with van der Waals surface area (Å²) in [6.45, 7) is 1.71. The summed E-state index contributed by atoms with van der Waals surface area (Å²) in [6.07, 6.45) is 2.39. The molecule has 0 aliphatic carbocycles. The molecule has 19 heavy (non-hydrogen) atoms. The molecule has 6 heteroatoms. The van der Waals surface area contributed by atoms with E-state index in [1.165, 1.54) is 14.0 Å². The van der Waals surface area contributed by atoms with Gasteiger partial charge in [0.2, 0.25) is 0 Å². The second kappa shape index (κ2) is 10.5. The van der Waals surface area contributed by atoms with Crippen LogP contribution >= 0.6 is 0 Å². The van der Waals surface area contributed by atoms with E-state index in [-0.39, 0.29) is 24.7 Å². The zero-order chi connectivity index (χ0) is 14.7. The standard InChI is InChI=1S/C13H22O6/c1-10(14)11(6-7-12(15)16)5-3-4-8-19-13(17)9-18-2/h11H,3-9H2,1-2H3,(H,15,16). The van der Waals surface area contributed by atoms with Crippen molar-refractivity contribution in [2.45, 2.75) is 39.0 Å². The van der Waals surface area contributed by atoms with Crippen molar-refractivity contribution in [1.82, 2.24) is 0 Å². The molecule has 0 heterocycles. The first kappa shape index (κ1) is 17.6. The summed E-state index contributed by atoms with van der Waals surface area (Å²) in [4.78, 5) is 32.7. The van der Waals surface area contributed by atoms with Crippen LogP contribution < -0.4 is 0 Å². The Labute approximate surface area is 113 Å². The summed E-state index contributed by atoms with van der Waals surface area (Å²) in [6, 6.07) is 0. The number of carbonyl (C=O) groups is 3. The van der Waals surface area contributed by atoms with Crippen molar-refractivity contribution >= 4 is 17.7 Å². The number of carboxylic acids is 1. The van der Waals surface area contributed by atoms with E-state index >= 15 is 0 Å². The number of hydrogen-bond donors (Lipinski definition) is 1. The van der Waals surface area contributed by atoms with E-state index in [9.17, 15) is 14.4 Å². The van der Waals surface area contributed by atoms with Crippen LogP contribution in [0, 0.1) is 5.92 Å². The SMILES string of the molecule is COCC(=O)OCCCCC(CCC(=O)O)C(C)=O. The van der Waals surface area contributed by atoms with Gasteiger partial charge in [0.05, 0.1) is 6.61 Å². The first-order valence-corrected chi connectivity index (χ1v) is 6.34. The first-order chi connectivity index (χ1) is 8.97. The Morgan fingerprint density at radius 1 is 1.16 bits per heavy atom. The molecule has 110 valence electrons. The highest BCUT2D eigenvalue weighted by Crippen LogP contribution is 2.16. The van der Waals surface area contributed by atoms with E-state index in [1.807, 2.05) is 0 Å². The molecule has 0 aliphatic rings. The van der Waals surface area contributed by atoms with E-state index < -0.39 is 11.9 Å². The number of ketones is 1. The molecule has 0 aromatic heterocycles. The maximum Gasteiger partial charge on any atom is 0.332 e. The van der Waals surface area contributed by atoms with Crippen molar-refractivity contribution in [1.29, 1.82) is 0 Å². The number of carbonyl (C=O) groups excluding carboxylic acids is 2. The third-order valence-corrected chi connectivity index (χ3v) is 2.75. The van der Waals surface area contributed by atoms with Crippen molar-refractivity contribution in [2.75, 3.05) is 20.3 Å². The van der Waals surface area contributed by atoms with Gasteiger partial charge in [0.1, 0.15) is 12.4 Å². The monoisotopic (exact) mass is 274 g/mol. The Kier molecular flexibility index (Phi) is 9.70. The minimum absolute atomic E-state index is 0.00702. The zero-order valence-corrected chi connectivity index (χ0v) is 11.5. The van der Waals surface area contributed by atoms with Gasteiger partial charge in [0.15, 0.2) is 0 Å². The molecule has 0 aromatic rings. The third-order valence-electron chi connectivity index (χ3n) is 2.75. The molecule has 0 radical (unpaired) electrons. The van der Waals surface area contributed by atoms with E-state index in [0.717, 1.165) is 6.42 Å². The molecule has 6 nitrogen and oxygen atoms in total. The number of aliphatic carboxylic acids is 1. The average Bonchev–Trinajstić information content (AvgIpc) is 2.32. The Bertz CT molecular complexity index is 300. The van der Waals surface area contributed by atoms with Crippen LogP contribution in [0.5, 0.6) is 0 Å². The molecule has 0 fully saturated rings. The normalized spacial score (nSPS) is 11.9. The molecular weight excluding hydrogens is 252 g/mol. The molecule has 1 N–H and O–H groups in total. The van der Waals surface area contributed by atoms with Gasteiger partial charge >= 0.3 is 11.9 Å². The maximum atomic E-state index is 11.3. The predicted octanol–water partition coefficient (Wildman–Crippen LogP) is 1.42. The third kappa shape index (κ3) is 10.2. The van der Waals surface area contributed by atoms with Gasteiger partial charge in [0, 0.05) is 19.4 Å². The fraction of sp³-hybridized carbons (Fsp3) is 0.769. The highest BCUT2D eigenvalue weighted by Gasteiger charge is 2.15. The smallest absolute Gasteiger partial charge is 0.332 e. The minimum Gasteiger partial charge on any atom is -0.481 e. The molecule has 0 aromatic carbocycles. The van der Waals surface area contributed by atoms with Gasteiger partial charge in [-0.05, 0) is 32.6 Å². The second-order valence-corrected chi connectivity index (χ2v) is 4.39. The van der Waals surface area contributed by atoms with E-state index in [2.05, 4.69) is 4.74 Å². The highest BCUT2D eigenvalue weighted by molar-refractivity contribution is 5.79. The highest BCUT2D eigenvalue weighted by atomic mass is 16.6. The lowest BCUT2D eigenvalue weighted by atomic mass is 9.93. The van der Waals surface area contributed by atoms with Crippen LogP contribution in [-0.2, 0) is 23.9 Å². The average molecular weight is 274 g/mol. The van der Waals surface area contributed by atoms with Gasteiger partial charge in [-0.2, -0.15) is 0 Å². The summed E-state index contributed by atoms with van der Waals surface area (Å²) in [7, 11) is 1.42. The number of esters is 1. The number of hydrogen-bond acceptors (Lipinski definition) is 5. The molecule has 0 saturated heterocycles. The number of carboxylic acid groups (broad SMARTS) is 1. The molecule has 0 aliphatic heterocycles. The van der Waals surface area contributed by atoms with Gasteiger partial charge in [-0.15, -0.1) is 0 Å². The Hall–Kier alpha value is -1.43. The van der Waals surface area contributed by atoms with Gasteiger partial charge < -0.3 is 14.6 Å². The summed E-state index contributed by atoms with van der Waals surface area (Å²) in [5, 5.41) is 8.58. The van der Waals surface area contributed by atoms with Crippen molar-refractivity contribution < 1.29 is 29.0 Å². The van der Waals surface area contributed by atoms with E-state index in [1.54, 1.807) is 0 Å². The number of rotatable bonds is 11. The molecule has 1 unspecified atom stereocenters. The summed E-state index contributed by atoms with van der Waals surface area (Å²) >= 11 is 0. The minimum atomic E-state index is -0.889. The van der Waals surface area contributed by atoms with Crippen molar-refractivity contribution in [3.63, 3.8) is 0 Å². The van der Waals surface area contributed by atoms with Crippen LogP contribution in [0.3, 0.4) is 0 Å². The van der Waals surface area contributed by atoms with E-state index in [4.69, 9.17) is 9.84 Å². The largest absolute Gasteiger partial charge is 0.481 e. The Morgan fingerprint density at radius 3 is 2.37 bits per heavy atom. The van der Waals surface area contributed by atoms with Gasteiger partial charge in [-0.1, -0.05) is 0 Å². The lowest BCUT2D eigenvalue weighted by molar-refractivity contribution is -0.148. The van der Waals surface area contributed by atoms with Gasteiger partial charge in [-0.3, -0.25) is 9.59 Å². The van der Waals surface area contributed by atoms with Crippen molar-refractivity contribution in [3.05, 3.63) is 0 Å². The van der Waals surface area contributed by atoms with Crippen LogP contribution in [0.25, 0.3) is 0 Å². The summed E-state index contributed by atoms with van der Waals surface area (Å²) in [5.41, 5.74) is 0. The molecule has 0 spiro atoms. The lowest BCUT2D eigenvalue weighted by Crippen LogP contribution is -2.14. The van der Waals surface area contributed by atoms with Gasteiger partial charge in [0.25, 0.3) is 0 Å². The number of Topliss-reactive ketones (excluding diaryl/α,β-unsaturated/α-hetero) is 1. The van der Waals surface area contributed by atoms with E-state index in [0.29, 0.717) is 25.9 Å². The first-order valence-electron chi connectivity index (χ1n) is 6.34. The zero-order valence-electron chi connectivity index (χ0n) is 11.5. The van der Waals surface area contributed by atoms with Crippen LogP contribution in [0.1, 0.15) is 39.0 Å². The van der Waals surface area contributed by atoms with Crippen molar-refractivity contribution in [2.24, 2.45) is 5.92 Å². The predicted molar refractivity (Wildman–Crippen MR) is 67.7 cm³/mol. The molecule has 0 amide bonds. The number of methoxy groups -OCH3 is 1. The van der Waals surface area contributed by atoms with Crippen LogP contribution in [0.15, 0.2) is 0 Å². The maximum absolute atomic E-state index is 11.3. The number of ether oxygens (including phenoxy) is 2. The molecule has 0 bridgehead atoms. The van der Waals surface area contributed by atoms with Gasteiger partial charge in [-0.25, -0.2) is 4.79 Å². The second-order valence-electron chi connectivity index (χ2n) is 4.39. The summed E-state index contributed by atoms with van der Waals surface area (Å²) < 4.78 is 9.49. The Balaban J connectivity index is 3.72. The molecule has 0 rings (SSSR count). The van der Waals surface area contributed by atoms with Crippen LogP contribution in [0.2, 0.25) is 0 Å². The molecular formula is C13H22O6.